The zero-order valence-electron chi connectivity index (χ0n) is 34.5. The van der Waals surface area contributed by atoms with Crippen LogP contribution in [0.25, 0.3) is 0 Å². The number of rotatable bonds is 6. The van der Waals surface area contributed by atoms with Crippen LogP contribution in [-0.2, 0) is 29.2 Å². The average Bonchev–Trinajstić information content (AvgIpc) is 3.15. The molecule has 0 aromatic heterocycles. The first-order valence-corrected chi connectivity index (χ1v) is 16.6. The number of hydrogen-bond acceptors (Lipinski definition) is 6. The summed E-state index contributed by atoms with van der Waals surface area (Å²) in [4.78, 5) is 45.1. The van der Waals surface area contributed by atoms with Gasteiger partial charge in [-0.15, -0.1) is 0 Å². The molecule has 1 rings (SSSR count). The van der Waals surface area contributed by atoms with Gasteiger partial charge in [-0.3, -0.25) is 24.1 Å². The summed E-state index contributed by atoms with van der Waals surface area (Å²) in [6.45, 7) is 28.5. The maximum Gasteiger partial charge on any atom is 0.233 e. The number of likely N-dealkylation sites (tertiary alicyclic amines) is 1. The number of hydrogen-bond donors (Lipinski definition) is 3. The van der Waals surface area contributed by atoms with Crippen molar-refractivity contribution in [1.29, 1.82) is 0 Å². The summed E-state index contributed by atoms with van der Waals surface area (Å²) in [5.41, 5.74) is 0.368. The van der Waals surface area contributed by atoms with Gasteiger partial charge in [0.2, 0.25) is 33.7 Å². The van der Waals surface area contributed by atoms with Crippen molar-refractivity contribution in [2.45, 2.75) is 129 Å². The normalized spacial score (nSPS) is 16.4. The zero-order valence-corrected chi connectivity index (χ0v) is 31.3. The lowest BCUT2D eigenvalue weighted by atomic mass is 9.80. The van der Waals surface area contributed by atoms with E-state index in [1.807, 2.05) is 69.2 Å². The van der Waals surface area contributed by atoms with Crippen LogP contribution in [0.5, 0.6) is 0 Å². The highest BCUT2D eigenvalue weighted by Gasteiger charge is 2.42. The lowest BCUT2D eigenvalue weighted by Gasteiger charge is -2.23. The summed E-state index contributed by atoms with van der Waals surface area (Å²) in [5, 5.41) is 4.80. The monoisotopic (exact) mass is 655 g/mol. The first-order valence-electron chi connectivity index (χ1n) is 17.8. The lowest BCUT2D eigenvalue weighted by Crippen LogP contribution is -2.30. The standard InChI is InChI=1S/C9H15NO2.C7H17NO2S.C7H15NO.C5H11NO.C5H12/c1-9(2,3)6-5-7(11)10(4)8(6)12;1-7(2,3)5-6-11(9,10)8-4;1-7(2,3)5-6(9)8-4;1-3-4-5(7)6-2;1-5(2,3)4/h6H,5H2,1-4H3;8H,5-6H2,1-4H3;5H2,1-4H3,(H,8,9);3-4H2,1-2H3,(H,6,7);1-4H3/i3*4D;2D;. The molecule has 0 aromatic rings. The van der Waals surface area contributed by atoms with Gasteiger partial charge in [0.05, 0.1) is 11.7 Å². The van der Waals surface area contributed by atoms with Crippen molar-refractivity contribution in [1.82, 2.24) is 20.3 Å². The zero-order chi connectivity index (χ0) is 39.2. The summed E-state index contributed by atoms with van der Waals surface area (Å²) in [7, 11) is -3.74. The maximum absolute atomic E-state index is 11.6. The van der Waals surface area contributed by atoms with Crippen molar-refractivity contribution in [2.24, 2.45) is 27.6 Å². The van der Waals surface area contributed by atoms with E-state index in [1.165, 1.54) is 0 Å². The SMILES string of the molecule is CC(C)(C)C.[2H]CN1C(=O)CC(C(C)(C)C)C1=O.[2H]CNC(=O)CC(C)(C)C.[2H]CNC(=O)CCC.[2H]CNS(=O)(=O)CCC(C)(C)C. The van der Waals surface area contributed by atoms with E-state index in [2.05, 4.69) is 43.1 Å². The highest BCUT2D eigenvalue weighted by molar-refractivity contribution is 7.89. The highest BCUT2D eigenvalue weighted by atomic mass is 32.2. The Kier molecular flexibility index (Phi) is 19.7. The number of nitrogens with zero attached hydrogens (tertiary/aromatic N) is 1. The molecule has 1 aliphatic heterocycles. The second kappa shape index (κ2) is 21.7. The number of carbonyl (C=O) groups is 4. The van der Waals surface area contributed by atoms with E-state index in [0.717, 1.165) is 11.3 Å². The van der Waals surface area contributed by atoms with Crippen LogP contribution in [0.2, 0.25) is 0 Å². The van der Waals surface area contributed by atoms with E-state index in [0.29, 0.717) is 24.7 Å². The Morgan fingerprint density at radius 2 is 1.32 bits per heavy atom. The summed E-state index contributed by atoms with van der Waals surface area (Å²) in [5.74, 6) is -0.599. The highest BCUT2D eigenvalue weighted by Crippen LogP contribution is 2.34. The molecule has 1 heterocycles. The average molecular weight is 655 g/mol. The fourth-order valence-corrected chi connectivity index (χ4v) is 3.76. The van der Waals surface area contributed by atoms with E-state index in [1.54, 1.807) is 0 Å². The molecule has 44 heavy (non-hydrogen) atoms. The number of imide groups is 1. The van der Waals surface area contributed by atoms with E-state index >= 15 is 0 Å². The molecule has 3 N–H and O–H groups in total. The third kappa shape index (κ3) is 34.5. The summed E-state index contributed by atoms with van der Waals surface area (Å²) in [6.07, 6.45) is 2.76. The van der Waals surface area contributed by atoms with Crippen LogP contribution >= 0.6 is 0 Å². The fourth-order valence-electron chi connectivity index (χ4n) is 2.73. The van der Waals surface area contributed by atoms with Crippen LogP contribution in [0, 0.1) is 27.6 Å². The Labute approximate surface area is 277 Å². The third-order valence-electron chi connectivity index (χ3n) is 5.19. The Morgan fingerprint density at radius 1 is 0.841 bits per heavy atom. The van der Waals surface area contributed by atoms with Gasteiger partial charge in [-0.25, -0.2) is 13.1 Å². The smallest absolute Gasteiger partial charge is 0.233 e. The Morgan fingerprint density at radius 3 is 1.61 bits per heavy atom. The molecule has 0 aliphatic carbocycles. The quantitative estimate of drug-likeness (QED) is 0.311. The molecule has 1 unspecified atom stereocenters. The third-order valence-corrected chi connectivity index (χ3v) is 6.37. The number of carbonyl (C=O) groups excluding carboxylic acids is 4. The van der Waals surface area contributed by atoms with E-state index in [-0.39, 0.29) is 86.1 Å². The molecule has 0 spiro atoms. The maximum atomic E-state index is 11.6. The number of sulfonamides is 1. The predicted molar refractivity (Wildman–Crippen MR) is 184 cm³/mol. The van der Waals surface area contributed by atoms with Crippen LogP contribution in [0.15, 0.2) is 0 Å². The molecule has 1 aliphatic rings. The van der Waals surface area contributed by atoms with Gasteiger partial charge in [0.25, 0.3) is 0 Å². The van der Waals surface area contributed by atoms with Gasteiger partial charge < -0.3 is 10.6 Å². The van der Waals surface area contributed by atoms with Crippen molar-refractivity contribution in [3.05, 3.63) is 0 Å². The molecule has 10 nitrogen and oxygen atoms in total. The van der Waals surface area contributed by atoms with Crippen LogP contribution in [0.1, 0.15) is 135 Å². The van der Waals surface area contributed by atoms with Crippen LogP contribution < -0.4 is 15.4 Å². The minimum Gasteiger partial charge on any atom is -0.359 e. The van der Waals surface area contributed by atoms with Crippen LogP contribution in [0.4, 0.5) is 0 Å². The second-order valence-electron chi connectivity index (χ2n) is 15.7. The molecular weight excluding hydrogens is 580 g/mol. The molecule has 1 atom stereocenters. The summed E-state index contributed by atoms with van der Waals surface area (Å²) in [6, 6.07) is 0. The van der Waals surface area contributed by atoms with Gasteiger partial charge in [0.1, 0.15) is 0 Å². The van der Waals surface area contributed by atoms with Gasteiger partial charge >= 0.3 is 0 Å². The largest absolute Gasteiger partial charge is 0.359 e. The van der Waals surface area contributed by atoms with Crippen molar-refractivity contribution in [3.63, 3.8) is 0 Å². The minimum absolute atomic E-state index is 0.00116. The first-order chi connectivity index (χ1) is 21.4. The Hall–Kier alpha value is -2.01. The summed E-state index contributed by atoms with van der Waals surface area (Å²) < 4.78 is 51.3. The Bertz CT molecular complexity index is 1020. The van der Waals surface area contributed by atoms with Crippen LogP contribution in [-0.4, -0.2) is 70.8 Å². The summed E-state index contributed by atoms with van der Waals surface area (Å²) >= 11 is 0. The molecule has 1 saturated heterocycles. The molecular formula is C33H70N4O6S. The number of nitrogens with one attached hydrogen (secondary N) is 3. The second-order valence-corrected chi connectivity index (χ2v) is 17.7. The molecule has 0 aromatic carbocycles. The van der Waals surface area contributed by atoms with Crippen molar-refractivity contribution in [2.75, 3.05) is 33.8 Å². The molecule has 0 radical (unpaired) electrons. The van der Waals surface area contributed by atoms with Gasteiger partial charge in [0, 0.05) is 45.8 Å². The fraction of sp³-hybridized carbons (Fsp3) is 0.879. The van der Waals surface area contributed by atoms with Crippen molar-refractivity contribution < 1.29 is 33.1 Å². The van der Waals surface area contributed by atoms with Crippen molar-refractivity contribution in [3.8, 4) is 0 Å². The van der Waals surface area contributed by atoms with E-state index in [4.69, 9.17) is 5.48 Å². The first kappa shape index (κ1) is 40.0. The lowest BCUT2D eigenvalue weighted by molar-refractivity contribution is -0.138. The van der Waals surface area contributed by atoms with Crippen molar-refractivity contribution >= 4 is 33.7 Å². The topological polar surface area (TPSA) is 142 Å². The van der Waals surface area contributed by atoms with Gasteiger partial charge in [-0.05, 0) is 41.5 Å². The van der Waals surface area contributed by atoms with E-state index in [9.17, 15) is 27.6 Å². The molecule has 0 saturated carbocycles. The van der Waals surface area contributed by atoms with Gasteiger partial charge in [0.15, 0.2) is 0 Å². The number of amides is 4. The van der Waals surface area contributed by atoms with Gasteiger partial charge in [-0.2, -0.15) is 0 Å². The van der Waals surface area contributed by atoms with Gasteiger partial charge in [-0.1, -0.05) is 96.9 Å². The van der Waals surface area contributed by atoms with E-state index < -0.39 is 10.0 Å². The molecule has 0 bridgehead atoms. The van der Waals surface area contributed by atoms with Crippen LogP contribution in [0.3, 0.4) is 0 Å². The predicted octanol–water partition coefficient (Wildman–Crippen LogP) is 5.76. The molecule has 1 fully saturated rings. The molecule has 264 valence electrons. The minimum atomic E-state index is -3.20. The molecule has 11 heteroatoms. The Balaban J connectivity index is -0.000000260. The molecule has 4 amide bonds.